The van der Waals surface area contributed by atoms with Crippen LogP contribution in [0.3, 0.4) is 0 Å². The molecule has 0 radical (unpaired) electrons. The zero-order chi connectivity index (χ0) is 10.8. The molecule has 15 heavy (non-hydrogen) atoms. The third-order valence-electron chi connectivity index (χ3n) is 3.22. The topological polar surface area (TPSA) is 53.1 Å². The predicted octanol–water partition coefficient (Wildman–Crippen LogP) is 1.90. The predicted molar refractivity (Wildman–Crippen MR) is 59.7 cm³/mol. The standard InChI is InChI=1S/C11H19N3O/c1-8-6-11(12)13-14(8)9-4-3-5-10(7-9)15-2/h6,9-10H,3-5,7H2,1-2H3,(H2,12,13). The molecule has 1 aromatic heterocycles. The Morgan fingerprint density at radius 1 is 1.53 bits per heavy atom. The number of hydrogen-bond acceptors (Lipinski definition) is 3. The van der Waals surface area contributed by atoms with Crippen LogP contribution in [0.5, 0.6) is 0 Å². The summed E-state index contributed by atoms with van der Waals surface area (Å²) in [6.07, 6.45) is 5.00. The number of nitrogen functional groups attached to an aromatic ring is 1. The van der Waals surface area contributed by atoms with Gasteiger partial charge in [0.2, 0.25) is 0 Å². The van der Waals surface area contributed by atoms with Crippen molar-refractivity contribution in [3.63, 3.8) is 0 Å². The molecule has 2 atom stereocenters. The molecule has 1 aromatic rings. The first-order valence-electron chi connectivity index (χ1n) is 5.55. The number of methoxy groups -OCH3 is 1. The largest absolute Gasteiger partial charge is 0.382 e. The van der Waals surface area contributed by atoms with Crippen molar-refractivity contribution in [2.24, 2.45) is 0 Å². The summed E-state index contributed by atoms with van der Waals surface area (Å²) >= 11 is 0. The number of nitrogens with zero attached hydrogens (tertiary/aromatic N) is 2. The van der Waals surface area contributed by atoms with Gasteiger partial charge >= 0.3 is 0 Å². The van der Waals surface area contributed by atoms with E-state index in [1.807, 2.05) is 6.07 Å². The summed E-state index contributed by atoms with van der Waals surface area (Å²) in [7, 11) is 1.79. The Bertz CT molecular complexity index is 335. The van der Waals surface area contributed by atoms with Crippen LogP contribution < -0.4 is 5.73 Å². The molecule has 0 aromatic carbocycles. The Labute approximate surface area is 90.4 Å². The molecule has 0 spiro atoms. The van der Waals surface area contributed by atoms with Gasteiger partial charge < -0.3 is 10.5 Å². The molecule has 0 aliphatic heterocycles. The summed E-state index contributed by atoms with van der Waals surface area (Å²) in [6.45, 7) is 2.06. The minimum absolute atomic E-state index is 0.383. The molecule has 2 N–H and O–H groups in total. The van der Waals surface area contributed by atoms with Crippen molar-refractivity contribution in [2.75, 3.05) is 12.8 Å². The van der Waals surface area contributed by atoms with E-state index >= 15 is 0 Å². The van der Waals surface area contributed by atoms with Gasteiger partial charge in [-0.3, -0.25) is 4.68 Å². The first kappa shape index (κ1) is 10.5. The van der Waals surface area contributed by atoms with Gasteiger partial charge in [-0.2, -0.15) is 5.10 Å². The first-order chi connectivity index (χ1) is 7.20. The van der Waals surface area contributed by atoms with Crippen LogP contribution in [0.15, 0.2) is 6.07 Å². The molecule has 2 rings (SSSR count). The van der Waals surface area contributed by atoms with Crippen molar-refractivity contribution in [3.8, 4) is 0 Å². The normalized spacial score (nSPS) is 26.8. The molecule has 4 nitrogen and oxygen atoms in total. The summed E-state index contributed by atoms with van der Waals surface area (Å²) in [4.78, 5) is 0. The first-order valence-corrected chi connectivity index (χ1v) is 5.55. The van der Waals surface area contributed by atoms with Crippen molar-refractivity contribution in [3.05, 3.63) is 11.8 Å². The second-order valence-electron chi connectivity index (χ2n) is 4.33. The van der Waals surface area contributed by atoms with Crippen molar-refractivity contribution in [1.29, 1.82) is 0 Å². The number of hydrogen-bond donors (Lipinski definition) is 1. The van der Waals surface area contributed by atoms with Crippen LogP contribution in [0.2, 0.25) is 0 Å². The molecule has 0 saturated heterocycles. The zero-order valence-corrected chi connectivity index (χ0v) is 9.44. The lowest BCUT2D eigenvalue weighted by Gasteiger charge is -2.29. The number of nitrogens with two attached hydrogens (primary N) is 1. The van der Waals surface area contributed by atoms with Crippen LogP contribution in [0.4, 0.5) is 5.82 Å². The SMILES string of the molecule is COC1CCCC(n2nc(N)cc2C)C1. The number of anilines is 1. The van der Waals surface area contributed by atoms with E-state index in [9.17, 15) is 0 Å². The molecular formula is C11H19N3O. The number of aromatic nitrogens is 2. The van der Waals surface area contributed by atoms with Crippen LogP contribution >= 0.6 is 0 Å². The van der Waals surface area contributed by atoms with Crippen LogP contribution in [0.1, 0.15) is 37.4 Å². The molecule has 1 heterocycles. The Kier molecular flexibility index (Phi) is 2.95. The second kappa shape index (κ2) is 4.23. The highest BCUT2D eigenvalue weighted by Gasteiger charge is 2.24. The molecule has 84 valence electrons. The number of rotatable bonds is 2. The second-order valence-corrected chi connectivity index (χ2v) is 4.33. The van der Waals surface area contributed by atoms with Crippen LogP contribution in [0, 0.1) is 6.92 Å². The van der Waals surface area contributed by atoms with Crippen LogP contribution in [-0.2, 0) is 4.74 Å². The van der Waals surface area contributed by atoms with Crippen LogP contribution in [-0.4, -0.2) is 23.0 Å². The number of ether oxygens (including phenoxy) is 1. The summed E-state index contributed by atoms with van der Waals surface area (Å²) in [5.41, 5.74) is 6.84. The van der Waals surface area contributed by atoms with Gasteiger partial charge in [-0.1, -0.05) is 0 Å². The van der Waals surface area contributed by atoms with E-state index in [-0.39, 0.29) is 0 Å². The molecule has 0 amide bonds. The monoisotopic (exact) mass is 209 g/mol. The molecule has 1 aliphatic rings. The van der Waals surface area contributed by atoms with E-state index in [2.05, 4.69) is 16.7 Å². The van der Waals surface area contributed by atoms with Crippen LogP contribution in [0.25, 0.3) is 0 Å². The van der Waals surface area contributed by atoms with Gasteiger partial charge in [-0.15, -0.1) is 0 Å². The van der Waals surface area contributed by atoms with Crippen molar-refractivity contribution in [1.82, 2.24) is 9.78 Å². The van der Waals surface area contributed by atoms with Crippen molar-refractivity contribution >= 4 is 5.82 Å². The molecule has 1 saturated carbocycles. The molecule has 1 aliphatic carbocycles. The van der Waals surface area contributed by atoms with Crippen molar-refractivity contribution < 1.29 is 4.74 Å². The lowest BCUT2D eigenvalue weighted by atomic mass is 9.93. The lowest BCUT2D eigenvalue weighted by molar-refractivity contribution is 0.0505. The van der Waals surface area contributed by atoms with Gasteiger partial charge in [0.05, 0.1) is 12.1 Å². The Balaban J connectivity index is 2.13. The third kappa shape index (κ3) is 2.15. The average Bonchev–Trinajstić information content (AvgIpc) is 2.58. The summed E-state index contributed by atoms with van der Waals surface area (Å²) < 4.78 is 7.47. The van der Waals surface area contributed by atoms with Gasteiger partial charge in [0.25, 0.3) is 0 Å². The Hall–Kier alpha value is -1.03. The van der Waals surface area contributed by atoms with Crippen molar-refractivity contribution in [2.45, 2.75) is 44.8 Å². The molecule has 0 bridgehead atoms. The van der Waals surface area contributed by atoms with E-state index in [1.54, 1.807) is 7.11 Å². The smallest absolute Gasteiger partial charge is 0.145 e. The quantitative estimate of drug-likeness (QED) is 0.809. The highest BCUT2D eigenvalue weighted by molar-refractivity contribution is 5.29. The maximum absolute atomic E-state index is 5.69. The van der Waals surface area contributed by atoms with E-state index < -0.39 is 0 Å². The fourth-order valence-corrected chi connectivity index (χ4v) is 2.44. The average molecular weight is 209 g/mol. The highest BCUT2D eigenvalue weighted by Crippen LogP contribution is 2.30. The minimum atomic E-state index is 0.383. The molecular weight excluding hydrogens is 190 g/mol. The van der Waals surface area contributed by atoms with E-state index in [4.69, 9.17) is 10.5 Å². The summed E-state index contributed by atoms with van der Waals surface area (Å²) in [5, 5.41) is 4.34. The van der Waals surface area contributed by atoms with E-state index in [0.717, 1.165) is 12.1 Å². The molecule has 4 heteroatoms. The third-order valence-corrected chi connectivity index (χ3v) is 3.22. The van der Waals surface area contributed by atoms with E-state index in [0.29, 0.717) is 18.0 Å². The fraction of sp³-hybridized carbons (Fsp3) is 0.727. The fourth-order valence-electron chi connectivity index (χ4n) is 2.44. The maximum Gasteiger partial charge on any atom is 0.145 e. The minimum Gasteiger partial charge on any atom is -0.382 e. The zero-order valence-electron chi connectivity index (χ0n) is 9.44. The number of aryl methyl sites for hydroxylation is 1. The van der Waals surface area contributed by atoms with Gasteiger partial charge in [-0.05, 0) is 32.6 Å². The van der Waals surface area contributed by atoms with Gasteiger partial charge in [0, 0.05) is 18.9 Å². The summed E-state index contributed by atoms with van der Waals surface area (Å²) in [6, 6.07) is 2.39. The lowest BCUT2D eigenvalue weighted by Crippen LogP contribution is -2.25. The highest BCUT2D eigenvalue weighted by atomic mass is 16.5. The Morgan fingerprint density at radius 3 is 2.93 bits per heavy atom. The van der Waals surface area contributed by atoms with Gasteiger partial charge in [0.15, 0.2) is 0 Å². The molecule has 1 fully saturated rings. The Morgan fingerprint density at radius 2 is 2.33 bits per heavy atom. The van der Waals surface area contributed by atoms with Gasteiger partial charge in [-0.25, -0.2) is 0 Å². The molecule has 2 unspecified atom stereocenters. The van der Waals surface area contributed by atoms with Gasteiger partial charge in [0.1, 0.15) is 5.82 Å². The summed E-state index contributed by atoms with van der Waals surface area (Å²) in [5.74, 6) is 0.618. The van der Waals surface area contributed by atoms with E-state index in [1.165, 1.54) is 19.3 Å². The maximum atomic E-state index is 5.69.